The lowest BCUT2D eigenvalue weighted by atomic mass is 10.2. The van der Waals surface area contributed by atoms with Gasteiger partial charge in [0.1, 0.15) is 6.61 Å². The van der Waals surface area contributed by atoms with Crippen molar-refractivity contribution in [1.82, 2.24) is 15.1 Å². The number of nitrogens with zero attached hydrogens (tertiary/aromatic N) is 3. The van der Waals surface area contributed by atoms with E-state index in [1.807, 2.05) is 31.0 Å². The van der Waals surface area contributed by atoms with Crippen molar-refractivity contribution in [1.29, 1.82) is 0 Å². The SMILES string of the molecule is C[C@@H](c1nnc(-c2cccc(Cl)c2)o1)N(C)CCOc1ccccc1F. The normalized spacial score (nSPS) is 12.3. The van der Waals surface area contributed by atoms with Crippen LogP contribution in [0.2, 0.25) is 5.02 Å². The third-order valence-corrected chi connectivity index (χ3v) is 4.30. The Hall–Kier alpha value is -2.44. The molecule has 0 fully saturated rings. The lowest BCUT2D eigenvalue weighted by Crippen LogP contribution is -2.27. The molecule has 0 aliphatic heterocycles. The number of hydrogen-bond acceptors (Lipinski definition) is 5. The molecule has 0 bridgehead atoms. The number of ether oxygens (including phenoxy) is 1. The second-order valence-electron chi connectivity index (χ2n) is 5.89. The first-order chi connectivity index (χ1) is 12.5. The topological polar surface area (TPSA) is 51.4 Å². The van der Waals surface area contributed by atoms with E-state index in [0.29, 0.717) is 30.0 Å². The van der Waals surface area contributed by atoms with Gasteiger partial charge in [-0.2, -0.15) is 0 Å². The highest BCUT2D eigenvalue weighted by Gasteiger charge is 2.19. The fourth-order valence-electron chi connectivity index (χ4n) is 2.39. The summed E-state index contributed by atoms with van der Waals surface area (Å²) in [7, 11) is 1.92. The molecular weight excluding hydrogens is 357 g/mol. The molecule has 0 aliphatic rings. The van der Waals surface area contributed by atoms with Gasteiger partial charge in [-0.05, 0) is 44.3 Å². The number of rotatable bonds is 7. The van der Waals surface area contributed by atoms with Crippen molar-refractivity contribution in [3.63, 3.8) is 0 Å². The Balaban J connectivity index is 1.58. The van der Waals surface area contributed by atoms with Gasteiger partial charge in [-0.15, -0.1) is 10.2 Å². The lowest BCUT2D eigenvalue weighted by Gasteiger charge is -2.21. The van der Waals surface area contributed by atoms with E-state index >= 15 is 0 Å². The first kappa shape index (κ1) is 18.4. The van der Waals surface area contributed by atoms with E-state index in [9.17, 15) is 4.39 Å². The van der Waals surface area contributed by atoms with Crippen LogP contribution in [0, 0.1) is 5.82 Å². The molecule has 1 atom stereocenters. The van der Waals surface area contributed by atoms with Crippen LogP contribution in [-0.4, -0.2) is 35.3 Å². The molecule has 2 aromatic carbocycles. The Kier molecular flexibility index (Phi) is 5.85. The summed E-state index contributed by atoms with van der Waals surface area (Å²) in [6, 6.07) is 13.5. The zero-order valence-corrected chi connectivity index (χ0v) is 15.3. The first-order valence-corrected chi connectivity index (χ1v) is 8.59. The van der Waals surface area contributed by atoms with Crippen molar-refractivity contribution in [3.8, 4) is 17.2 Å². The van der Waals surface area contributed by atoms with Gasteiger partial charge in [0.05, 0.1) is 6.04 Å². The van der Waals surface area contributed by atoms with Crippen molar-refractivity contribution >= 4 is 11.6 Å². The van der Waals surface area contributed by atoms with Gasteiger partial charge < -0.3 is 9.15 Å². The molecule has 0 unspecified atom stereocenters. The van der Waals surface area contributed by atoms with E-state index in [1.165, 1.54) is 6.07 Å². The van der Waals surface area contributed by atoms with Crippen LogP contribution in [0.15, 0.2) is 52.9 Å². The summed E-state index contributed by atoms with van der Waals surface area (Å²) >= 11 is 5.99. The summed E-state index contributed by atoms with van der Waals surface area (Å²) in [5.74, 6) is 0.791. The van der Waals surface area contributed by atoms with Crippen LogP contribution >= 0.6 is 11.6 Å². The third kappa shape index (κ3) is 4.39. The lowest BCUT2D eigenvalue weighted by molar-refractivity contribution is 0.179. The molecule has 136 valence electrons. The minimum absolute atomic E-state index is 0.111. The highest BCUT2D eigenvalue weighted by molar-refractivity contribution is 6.30. The Bertz CT molecular complexity index is 871. The Labute approximate surface area is 156 Å². The van der Waals surface area contributed by atoms with Crippen molar-refractivity contribution in [2.24, 2.45) is 0 Å². The first-order valence-electron chi connectivity index (χ1n) is 8.21. The molecule has 0 N–H and O–H groups in total. The molecule has 3 rings (SSSR count). The molecule has 0 saturated heterocycles. The van der Waals surface area contributed by atoms with E-state index in [-0.39, 0.29) is 17.6 Å². The van der Waals surface area contributed by atoms with Crippen molar-refractivity contribution in [2.45, 2.75) is 13.0 Å². The van der Waals surface area contributed by atoms with Gasteiger partial charge in [-0.3, -0.25) is 4.90 Å². The Morgan fingerprint density at radius 2 is 2.00 bits per heavy atom. The summed E-state index contributed by atoms with van der Waals surface area (Å²) < 4.78 is 24.8. The summed E-state index contributed by atoms with van der Waals surface area (Å²) in [5.41, 5.74) is 0.772. The van der Waals surface area contributed by atoms with Crippen LogP contribution in [0.3, 0.4) is 0 Å². The van der Waals surface area contributed by atoms with E-state index in [2.05, 4.69) is 10.2 Å². The number of halogens is 2. The smallest absolute Gasteiger partial charge is 0.247 e. The van der Waals surface area contributed by atoms with Gasteiger partial charge in [-0.25, -0.2) is 4.39 Å². The van der Waals surface area contributed by atoms with Crippen LogP contribution in [-0.2, 0) is 0 Å². The summed E-state index contributed by atoms with van der Waals surface area (Å²) in [6.45, 7) is 2.87. The molecule has 0 amide bonds. The molecule has 7 heteroatoms. The molecule has 1 aromatic heterocycles. The molecule has 5 nitrogen and oxygen atoms in total. The number of hydrogen-bond donors (Lipinski definition) is 0. The number of aromatic nitrogens is 2. The highest BCUT2D eigenvalue weighted by Crippen LogP contribution is 2.25. The minimum atomic E-state index is -0.369. The van der Waals surface area contributed by atoms with Gasteiger partial charge in [0, 0.05) is 17.1 Å². The van der Waals surface area contributed by atoms with Crippen molar-refractivity contribution in [2.75, 3.05) is 20.2 Å². The maximum absolute atomic E-state index is 13.5. The quantitative estimate of drug-likeness (QED) is 0.604. The third-order valence-electron chi connectivity index (χ3n) is 4.07. The summed E-state index contributed by atoms with van der Waals surface area (Å²) in [5, 5.41) is 8.82. The van der Waals surface area contributed by atoms with E-state index < -0.39 is 0 Å². The molecule has 0 aliphatic carbocycles. The van der Waals surface area contributed by atoms with Gasteiger partial charge >= 0.3 is 0 Å². The zero-order valence-electron chi connectivity index (χ0n) is 14.5. The molecule has 0 spiro atoms. The van der Waals surface area contributed by atoms with Crippen LogP contribution < -0.4 is 4.74 Å². The second kappa shape index (κ2) is 8.29. The fourth-order valence-corrected chi connectivity index (χ4v) is 2.58. The van der Waals surface area contributed by atoms with Gasteiger partial charge in [0.2, 0.25) is 11.8 Å². The average Bonchev–Trinajstić information content (AvgIpc) is 3.13. The minimum Gasteiger partial charge on any atom is -0.489 e. The maximum atomic E-state index is 13.5. The van der Waals surface area contributed by atoms with Gasteiger partial charge in [0.25, 0.3) is 0 Å². The zero-order chi connectivity index (χ0) is 18.5. The number of para-hydroxylation sites is 1. The average molecular weight is 376 g/mol. The predicted octanol–water partition coefficient (Wildman–Crippen LogP) is 4.60. The largest absolute Gasteiger partial charge is 0.489 e. The van der Waals surface area contributed by atoms with E-state index in [4.69, 9.17) is 20.8 Å². The Morgan fingerprint density at radius 1 is 1.19 bits per heavy atom. The van der Waals surface area contributed by atoms with Crippen LogP contribution in [0.5, 0.6) is 5.75 Å². The Morgan fingerprint density at radius 3 is 2.77 bits per heavy atom. The predicted molar refractivity (Wildman–Crippen MR) is 97.7 cm³/mol. The molecule has 26 heavy (non-hydrogen) atoms. The van der Waals surface area contributed by atoms with Crippen LogP contribution in [0.25, 0.3) is 11.5 Å². The second-order valence-corrected chi connectivity index (χ2v) is 6.33. The van der Waals surface area contributed by atoms with Crippen LogP contribution in [0.4, 0.5) is 4.39 Å². The van der Waals surface area contributed by atoms with E-state index in [1.54, 1.807) is 30.3 Å². The molecular formula is C19H19ClFN3O2. The maximum Gasteiger partial charge on any atom is 0.247 e. The standard InChI is InChI=1S/C19H19ClFN3O2/c1-13(24(2)10-11-25-17-9-4-3-8-16(17)21)18-22-23-19(26-18)14-6-5-7-15(20)12-14/h3-9,12-13H,10-11H2,1-2H3/t13-/m0/s1. The van der Waals surface area contributed by atoms with Crippen LogP contribution in [0.1, 0.15) is 18.9 Å². The monoisotopic (exact) mass is 375 g/mol. The van der Waals surface area contributed by atoms with Gasteiger partial charge in [-0.1, -0.05) is 29.8 Å². The fraction of sp³-hybridized carbons (Fsp3) is 0.263. The molecule has 3 aromatic rings. The van der Waals surface area contributed by atoms with Crippen molar-refractivity contribution < 1.29 is 13.5 Å². The molecule has 0 saturated carbocycles. The molecule has 0 radical (unpaired) electrons. The highest BCUT2D eigenvalue weighted by atomic mass is 35.5. The van der Waals surface area contributed by atoms with E-state index in [0.717, 1.165) is 5.56 Å². The number of benzene rings is 2. The molecule has 1 heterocycles. The summed E-state index contributed by atoms with van der Waals surface area (Å²) in [6.07, 6.45) is 0. The summed E-state index contributed by atoms with van der Waals surface area (Å²) in [4.78, 5) is 2.00. The van der Waals surface area contributed by atoms with Crippen molar-refractivity contribution in [3.05, 3.63) is 65.3 Å². The number of likely N-dealkylation sites (N-methyl/N-ethyl adjacent to an activating group) is 1. The van der Waals surface area contributed by atoms with Gasteiger partial charge in [0.15, 0.2) is 11.6 Å².